The van der Waals surface area contributed by atoms with E-state index in [1.54, 1.807) is 48.2 Å². The predicted octanol–water partition coefficient (Wildman–Crippen LogP) is 3.23. The van der Waals surface area contributed by atoms with Gasteiger partial charge in [-0.2, -0.15) is 11.8 Å². The number of benzene rings is 2. The van der Waals surface area contributed by atoms with Crippen LogP contribution >= 0.6 is 11.8 Å². The van der Waals surface area contributed by atoms with Gasteiger partial charge in [-0.1, -0.05) is 12.1 Å². The van der Waals surface area contributed by atoms with Crippen LogP contribution in [-0.2, 0) is 0 Å². The highest BCUT2D eigenvalue weighted by molar-refractivity contribution is 7.99. The second-order valence-corrected chi connectivity index (χ2v) is 6.45. The van der Waals surface area contributed by atoms with Crippen molar-refractivity contribution in [2.75, 3.05) is 24.7 Å². The van der Waals surface area contributed by atoms with Crippen molar-refractivity contribution in [2.45, 2.75) is 0 Å². The quantitative estimate of drug-likeness (QED) is 0.571. The first kappa shape index (κ1) is 16.5. The van der Waals surface area contributed by atoms with E-state index in [4.69, 9.17) is 4.74 Å². The number of halogens is 1. The molecule has 0 atom stereocenters. The first-order valence-corrected chi connectivity index (χ1v) is 8.73. The summed E-state index contributed by atoms with van der Waals surface area (Å²) in [5.41, 5.74) is 0.958. The lowest BCUT2D eigenvalue weighted by atomic mass is 10.1. The molecule has 0 saturated heterocycles. The Balaban J connectivity index is 1.39. The third-order valence-electron chi connectivity index (χ3n) is 3.65. The highest BCUT2D eigenvalue weighted by Crippen LogP contribution is 2.22. The normalized spacial score (nSPS) is 13.3. The Morgan fingerprint density at radius 2 is 1.54 bits per heavy atom. The molecule has 1 aliphatic heterocycles. The minimum Gasteiger partial charge on any atom is -0.493 e. The van der Waals surface area contributed by atoms with Crippen molar-refractivity contribution < 1.29 is 18.7 Å². The van der Waals surface area contributed by atoms with E-state index >= 15 is 0 Å². The first-order valence-electron chi connectivity index (χ1n) is 7.58. The van der Waals surface area contributed by atoms with Gasteiger partial charge in [0.05, 0.1) is 17.7 Å². The molecule has 4 nitrogen and oxygen atoms in total. The molecule has 0 fully saturated rings. The van der Waals surface area contributed by atoms with Crippen LogP contribution in [0.25, 0.3) is 0 Å². The van der Waals surface area contributed by atoms with Crippen LogP contribution in [0.4, 0.5) is 4.39 Å². The summed E-state index contributed by atoms with van der Waals surface area (Å²) in [5, 5.41) is 0. The summed E-state index contributed by atoms with van der Waals surface area (Å²) in [6.07, 6.45) is 0. The van der Waals surface area contributed by atoms with Gasteiger partial charge in [0.25, 0.3) is 11.8 Å². The zero-order valence-electron chi connectivity index (χ0n) is 12.9. The van der Waals surface area contributed by atoms with E-state index in [0.29, 0.717) is 35.8 Å². The van der Waals surface area contributed by atoms with Gasteiger partial charge in [-0.05, 0) is 36.4 Å². The van der Waals surface area contributed by atoms with E-state index in [9.17, 15) is 14.0 Å². The van der Waals surface area contributed by atoms with Crippen molar-refractivity contribution in [3.8, 4) is 5.75 Å². The van der Waals surface area contributed by atoms with Crippen LogP contribution in [0, 0.1) is 5.82 Å². The van der Waals surface area contributed by atoms with Gasteiger partial charge in [0.1, 0.15) is 11.6 Å². The fraction of sp³-hybridized carbons (Fsp3) is 0.222. The zero-order chi connectivity index (χ0) is 16.9. The Kier molecular flexibility index (Phi) is 5.15. The Bertz CT molecular complexity index is 713. The molecule has 0 spiro atoms. The Labute approximate surface area is 143 Å². The molecule has 0 unspecified atom stereocenters. The highest BCUT2D eigenvalue weighted by atomic mass is 32.2. The number of hydrogen-bond acceptors (Lipinski definition) is 4. The molecule has 2 aromatic carbocycles. The molecule has 2 aromatic rings. The molecule has 1 aliphatic rings. The summed E-state index contributed by atoms with van der Waals surface area (Å²) >= 11 is 1.60. The van der Waals surface area contributed by atoms with E-state index in [1.165, 1.54) is 17.0 Å². The maximum atomic E-state index is 12.8. The summed E-state index contributed by atoms with van der Waals surface area (Å²) in [6.45, 7) is 0.867. The molecule has 24 heavy (non-hydrogen) atoms. The number of hydrogen-bond donors (Lipinski definition) is 0. The molecule has 0 radical (unpaired) electrons. The standard InChI is InChI=1S/C18H16FNO3S/c19-13-5-7-14(8-6-13)23-10-12-24-11-9-20-17(21)15-3-1-2-4-16(15)18(20)22/h1-8H,9-12H2. The third-order valence-corrected chi connectivity index (χ3v) is 4.57. The number of fused-ring (bicyclic) bond motifs is 1. The van der Waals surface area contributed by atoms with Crippen molar-refractivity contribution >= 4 is 23.6 Å². The van der Waals surface area contributed by atoms with Crippen LogP contribution in [-0.4, -0.2) is 41.4 Å². The molecule has 0 N–H and O–H groups in total. The van der Waals surface area contributed by atoms with E-state index in [0.717, 1.165) is 5.75 Å². The topological polar surface area (TPSA) is 46.6 Å². The minimum absolute atomic E-state index is 0.223. The smallest absolute Gasteiger partial charge is 0.261 e. The SMILES string of the molecule is O=C1c2ccccc2C(=O)N1CCSCCOc1ccc(F)cc1. The predicted molar refractivity (Wildman–Crippen MR) is 91.0 cm³/mol. The van der Waals surface area contributed by atoms with Crippen molar-refractivity contribution in [1.82, 2.24) is 4.90 Å². The van der Waals surface area contributed by atoms with E-state index in [-0.39, 0.29) is 17.6 Å². The van der Waals surface area contributed by atoms with Crippen molar-refractivity contribution in [2.24, 2.45) is 0 Å². The van der Waals surface area contributed by atoms with Crippen LogP contribution in [0.15, 0.2) is 48.5 Å². The fourth-order valence-corrected chi connectivity index (χ4v) is 3.17. The molecule has 124 valence electrons. The molecule has 0 aliphatic carbocycles. The van der Waals surface area contributed by atoms with E-state index < -0.39 is 0 Å². The summed E-state index contributed by atoms with van der Waals surface area (Å²) in [4.78, 5) is 25.7. The third kappa shape index (κ3) is 3.59. The van der Waals surface area contributed by atoms with E-state index in [1.807, 2.05) is 0 Å². The second kappa shape index (κ2) is 7.49. The highest BCUT2D eigenvalue weighted by Gasteiger charge is 2.34. The van der Waals surface area contributed by atoms with Crippen LogP contribution in [0.3, 0.4) is 0 Å². The lowest BCUT2D eigenvalue weighted by Crippen LogP contribution is -2.32. The Morgan fingerprint density at radius 1 is 0.917 bits per heavy atom. The van der Waals surface area contributed by atoms with Crippen LogP contribution in [0.5, 0.6) is 5.75 Å². The Hall–Kier alpha value is -2.34. The van der Waals surface area contributed by atoms with Gasteiger partial charge in [0.15, 0.2) is 0 Å². The number of thioether (sulfide) groups is 1. The molecule has 3 rings (SSSR count). The lowest BCUT2D eigenvalue weighted by molar-refractivity contribution is 0.0664. The van der Waals surface area contributed by atoms with Gasteiger partial charge in [-0.25, -0.2) is 4.39 Å². The van der Waals surface area contributed by atoms with Crippen LogP contribution < -0.4 is 4.74 Å². The summed E-state index contributed by atoms with van der Waals surface area (Å²) in [6, 6.07) is 12.7. The molecule has 2 amide bonds. The van der Waals surface area contributed by atoms with E-state index in [2.05, 4.69) is 0 Å². The van der Waals surface area contributed by atoms with Gasteiger partial charge in [0, 0.05) is 18.1 Å². The minimum atomic E-state index is -0.294. The van der Waals surface area contributed by atoms with Gasteiger partial charge in [0.2, 0.25) is 0 Å². The summed E-state index contributed by atoms with van der Waals surface area (Å²) in [7, 11) is 0. The number of imide groups is 1. The number of carbonyl (C=O) groups is 2. The lowest BCUT2D eigenvalue weighted by Gasteiger charge is -2.13. The average molecular weight is 345 g/mol. The number of nitrogens with zero attached hydrogens (tertiary/aromatic N) is 1. The zero-order valence-corrected chi connectivity index (χ0v) is 13.7. The van der Waals surface area contributed by atoms with Gasteiger partial charge >= 0.3 is 0 Å². The fourth-order valence-electron chi connectivity index (χ4n) is 2.45. The maximum absolute atomic E-state index is 12.8. The molecule has 0 aromatic heterocycles. The molecule has 0 bridgehead atoms. The molecule has 1 heterocycles. The Morgan fingerprint density at radius 3 is 2.17 bits per heavy atom. The van der Waals surface area contributed by atoms with Gasteiger partial charge < -0.3 is 4.74 Å². The number of ether oxygens (including phenoxy) is 1. The molecule has 0 saturated carbocycles. The van der Waals surface area contributed by atoms with Crippen LogP contribution in [0.1, 0.15) is 20.7 Å². The van der Waals surface area contributed by atoms with Crippen LogP contribution in [0.2, 0.25) is 0 Å². The second-order valence-electron chi connectivity index (χ2n) is 5.22. The molecule has 6 heteroatoms. The number of carbonyl (C=O) groups excluding carboxylic acids is 2. The largest absolute Gasteiger partial charge is 0.493 e. The average Bonchev–Trinajstić information content (AvgIpc) is 2.84. The number of rotatable bonds is 7. The molecular weight excluding hydrogens is 329 g/mol. The van der Waals surface area contributed by atoms with Gasteiger partial charge in [-0.3, -0.25) is 14.5 Å². The number of amides is 2. The van der Waals surface area contributed by atoms with Crippen molar-refractivity contribution in [3.05, 3.63) is 65.5 Å². The van der Waals surface area contributed by atoms with Crippen molar-refractivity contribution in [3.63, 3.8) is 0 Å². The van der Waals surface area contributed by atoms with Gasteiger partial charge in [-0.15, -0.1) is 0 Å². The monoisotopic (exact) mass is 345 g/mol. The maximum Gasteiger partial charge on any atom is 0.261 e. The van der Waals surface area contributed by atoms with Crippen molar-refractivity contribution in [1.29, 1.82) is 0 Å². The summed E-state index contributed by atoms with van der Waals surface area (Å²) in [5.74, 6) is 1.26. The molecular formula is C18H16FNO3S. The summed E-state index contributed by atoms with van der Waals surface area (Å²) < 4.78 is 18.3. The first-order chi connectivity index (χ1) is 11.7.